The minimum Gasteiger partial charge on any atom is -0.450 e. The monoisotopic (exact) mass is 173 g/mol. The van der Waals surface area contributed by atoms with Crippen LogP contribution in [0, 0.1) is 0 Å². The molecule has 12 heavy (non-hydrogen) atoms. The van der Waals surface area contributed by atoms with Gasteiger partial charge in [0.2, 0.25) is 0 Å². The minimum atomic E-state index is -0.800. The summed E-state index contributed by atoms with van der Waals surface area (Å²) in [5, 5.41) is 2.27. The number of ether oxygens (including phenoxy) is 1. The van der Waals surface area contributed by atoms with E-state index < -0.39 is 18.0 Å². The van der Waals surface area contributed by atoms with Crippen LogP contribution < -0.4 is 11.1 Å². The number of hydrogen-bond donors (Lipinski definition) is 1. The van der Waals surface area contributed by atoms with Crippen LogP contribution in [0.25, 0.3) is 0 Å². The smallest absolute Gasteiger partial charge is 0.407 e. The van der Waals surface area contributed by atoms with E-state index in [1.165, 1.54) is 0 Å². The van der Waals surface area contributed by atoms with Crippen LogP contribution >= 0.6 is 0 Å². The molecule has 5 nitrogen and oxygen atoms in total. The van der Waals surface area contributed by atoms with Crippen LogP contribution in [0.15, 0.2) is 0 Å². The van der Waals surface area contributed by atoms with Gasteiger partial charge in [0.1, 0.15) is 6.04 Å². The average molecular weight is 173 g/mol. The van der Waals surface area contributed by atoms with Crippen molar-refractivity contribution in [3.05, 3.63) is 0 Å². The highest BCUT2D eigenvalue weighted by Gasteiger charge is 2.16. The van der Waals surface area contributed by atoms with Crippen LogP contribution in [0.2, 0.25) is 0 Å². The van der Waals surface area contributed by atoms with Crippen LogP contribution in [0.4, 0.5) is 4.79 Å². The topological polar surface area (TPSA) is 79.2 Å². The maximum Gasteiger partial charge on any atom is 0.407 e. The molecule has 0 spiro atoms. The van der Waals surface area contributed by atoms with E-state index in [1.807, 2.05) is 0 Å². The van der Waals surface area contributed by atoms with Gasteiger partial charge in [-0.25, -0.2) is 4.79 Å². The lowest BCUT2D eigenvalue weighted by Crippen LogP contribution is -2.41. The first-order valence-electron chi connectivity index (χ1n) is 3.80. The summed E-state index contributed by atoms with van der Waals surface area (Å²) < 4.78 is 4.54. The Bertz CT molecular complexity index is 170. The first-order valence-corrected chi connectivity index (χ1v) is 3.80. The van der Waals surface area contributed by atoms with Crippen molar-refractivity contribution >= 4 is 12.0 Å². The van der Waals surface area contributed by atoms with Crippen molar-refractivity contribution in [2.75, 3.05) is 6.61 Å². The second-order valence-electron chi connectivity index (χ2n) is 2.19. The van der Waals surface area contributed by atoms with E-state index in [0.717, 1.165) is 0 Å². The predicted molar refractivity (Wildman–Crippen MR) is 42.3 cm³/mol. The molecule has 0 aromatic rings. The highest BCUT2D eigenvalue weighted by molar-refractivity contribution is 5.83. The van der Waals surface area contributed by atoms with Crippen LogP contribution in [0.5, 0.6) is 0 Å². The van der Waals surface area contributed by atoms with Crippen molar-refractivity contribution in [1.29, 1.82) is 0 Å². The molecule has 1 atom stereocenters. The molecule has 1 unspecified atom stereocenters. The average Bonchev–Trinajstić information content (AvgIpc) is 2.00. The van der Waals surface area contributed by atoms with Gasteiger partial charge in [0.25, 0.3) is 5.91 Å². The summed E-state index contributed by atoms with van der Waals surface area (Å²) in [7, 11) is 0. The zero-order valence-electron chi connectivity index (χ0n) is 7.22. The number of nitrogens with one attached hydrogen (secondary N) is 2. The summed E-state index contributed by atoms with van der Waals surface area (Å²) in [6.07, 6.45) is -0.244. The Labute approximate surface area is 71.3 Å². The Morgan fingerprint density at radius 3 is 2.42 bits per heavy atom. The fraction of sp³-hybridized carbons (Fsp3) is 0.714. The van der Waals surface area contributed by atoms with E-state index in [0.29, 0.717) is 6.42 Å². The number of rotatable bonds is 4. The summed E-state index contributed by atoms with van der Waals surface area (Å²) in [4.78, 5) is 21.3. The summed E-state index contributed by atoms with van der Waals surface area (Å²) in [5.74, 6) is -0.800. The van der Waals surface area contributed by atoms with Gasteiger partial charge in [0, 0.05) is 0 Å². The largest absolute Gasteiger partial charge is 0.450 e. The SMILES string of the molecule is CCOC(=O)NC(CC)C([NH])=O. The van der Waals surface area contributed by atoms with Crippen LogP contribution in [-0.2, 0) is 9.53 Å². The zero-order valence-corrected chi connectivity index (χ0v) is 7.22. The molecule has 5 heteroatoms. The van der Waals surface area contributed by atoms with Crippen molar-refractivity contribution < 1.29 is 14.3 Å². The quantitative estimate of drug-likeness (QED) is 0.664. The van der Waals surface area contributed by atoms with Crippen molar-refractivity contribution in [3.63, 3.8) is 0 Å². The van der Waals surface area contributed by atoms with Gasteiger partial charge >= 0.3 is 6.09 Å². The van der Waals surface area contributed by atoms with Crippen molar-refractivity contribution in [2.24, 2.45) is 0 Å². The molecule has 69 valence electrons. The third-order valence-corrected chi connectivity index (χ3v) is 1.29. The molecule has 0 aromatic heterocycles. The predicted octanol–water partition coefficient (Wildman–Crippen LogP) is 0.321. The Morgan fingerprint density at radius 1 is 1.50 bits per heavy atom. The Balaban J connectivity index is 3.85. The number of hydrogen-bond acceptors (Lipinski definition) is 3. The van der Waals surface area contributed by atoms with Gasteiger partial charge < -0.3 is 10.1 Å². The molecule has 0 aliphatic heterocycles. The highest BCUT2D eigenvalue weighted by Crippen LogP contribution is 1.91. The number of carbonyl (C=O) groups is 2. The molecule has 0 saturated carbocycles. The molecule has 1 radical (unpaired) electrons. The fourth-order valence-corrected chi connectivity index (χ4v) is 0.668. The Hall–Kier alpha value is -1.26. The van der Waals surface area contributed by atoms with Gasteiger partial charge in [-0.15, -0.1) is 0 Å². The van der Waals surface area contributed by atoms with Crippen LogP contribution in [-0.4, -0.2) is 24.6 Å². The summed E-state index contributed by atoms with van der Waals surface area (Å²) in [5.41, 5.74) is 6.75. The first-order chi connectivity index (χ1) is 5.61. The third kappa shape index (κ3) is 3.80. The fourth-order valence-electron chi connectivity index (χ4n) is 0.668. The maximum absolute atomic E-state index is 10.7. The van der Waals surface area contributed by atoms with E-state index in [1.54, 1.807) is 13.8 Å². The first kappa shape index (κ1) is 10.7. The van der Waals surface area contributed by atoms with E-state index in [2.05, 4.69) is 10.1 Å². The Kier molecular flexibility index (Phi) is 4.83. The van der Waals surface area contributed by atoms with E-state index >= 15 is 0 Å². The molecule has 2 amide bonds. The summed E-state index contributed by atoms with van der Waals surface area (Å²) in [6.45, 7) is 3.64. The zero-order chi connectivity index (χ0) is 9.56. The maximum atomic E-state index is 10.7. The van der Waals surface area contributed by atoms with Gasteiger partial charge in [0.15, 0.2) is 0 Å². The lowest BCUT2D eigenvalue weighted by atomic mass is 10.2. The van der Waals surface area contributed by atoms with Gasteiger partial charge in [0.05, 0.1) is 6.61 Å². The van der Waals surface area contributed by atoms with Gasteiger partial charge in [-0.1, -0.05) is 6.92 Å². The standard InChI is InChI=1S/C7H13N2O3/c1-3-5(6(8)10)9-7(11)12-4-2/h5,8H,3-4H2,1-2H3,(H,9,11). The number of amides is 2. The number of carbonyl (C=O) groups excluding carboxylic acids is 2. The summed E-state index contributed by atoms with van der Waals surface area (Å²) in [6, 6.07) is -0.746. The molecule has 0 aliphatic carbocycles. The molecule has 0 saturated heterocycles. The van der Waals surface area contributed by atoms with Crippen molar-refractivity contribution in [2.45, 2.75) is 26.3 Å². The highest BCUT2D eigenvalue weighted by atomic mass is 16.5. The molecule has 0 rings (SSSR count). The molecule has 0 aliphatic rings. The summed E-state index contributed by atoms with van der Waals surface area (Å²) >= 11 is 0. The molecule has 0 aromatic carbocycles. The molecule has 0 bridgehead atoms. The van der Waals surface area contributed by atoms with Crippen LogP contribution in [0.3, 0.4) is 0 Å². The Morgan fingerprint density at radius 2 is 2.08 bits per heavy atom. The normalized spacial score (nSPS) is 11.8. The van der Waals surface area contributed by atoms with Gasteiger partial charge in [-0.3, -0.25) is 10.5 Å². The lowest BCUT2D eigenvalue weighted by molar-refractivity contribution is -0.120. The molecular formula is C7H13N2O3. The lowest BCUT2D eigenvalue weighted by Gasteiger charge is -2.11. The molecular weight excluding hydrogens is 160 g/mol. The second-order valence-corrected chi connectivity index (χ2v) is 2.19. The van der Waals surface area contributed by atoms with Crippen molar-refractivity contribution in [1.82, 2.24) is 11.1 Å². The van der Waals surface area contributed by atoms with E-state index in [-0.39, 0.29) is 6.61 Å². The number of alkyl carbamates (subject to hydrolysis) is 1. The molecule has 0 heterocycles. The van der Waals surface area contributed by atoms with Gasteiger partial charge in [-0.2, -0.15) is 0 Å². The van der Waals surface area contributed by atoms with Gasteiger partial charge in [-0.05, 0) is 13.3 Å². The second kappa shape index (κ2) is 5.40. The third-order valence-electron chi connectivity index (χ3n) is 1.29. The van der Waals surface area contributed by atoms with E-state index in [4.69, 9.17) is 5.73 Å². The van der Waals surface area contributed by atoms with Crippen LogP contribution in [0.1, 0.15) is 20.3 Å². The molecule has 2 N–H and O–H groups in total. The molecule has 0 fully saturated rings. The van der Waals surface area contributed by atoms with E-state index in [9.17, 15) is 9.59 Å². The minimum absolute atomic E-state index is 0.258. The van der Waals surface area contributed by atoms with Crippen molar-refractivity contribution in [3.8, 4) is 0 Å².